The molecule has 0 radical (unpaired) electrons. The van der Waals surface area contributed by atoms with Gasteiger partial charge < -0.3 is 18.9 Å². The fourth-order valence-electron chi connectivity index (χ4n) is 3.96. The molecule has 0 saturated heterocycles. The van der Waals surface area contributed by atoms with Crippen molar-refractivity contribution >= 4 is 11.4 Å². The maximum atomic E-state index is 5.59. The van der Waals surface area contributed by atoms with Gasteiger partial charge in [0.1, 0.15) is 0 Å². The summed E-state index contributed by atoms with van der Waals surface area (Å²) in [4.78, 5) is 0. The monoisotopic (exact) mass is 386 g/mol. The Morgan fingerprint density at radius 2 is 1.41 bits per heavy atom. The van der Waals surface area contributed by atoms with Crippen LogP contribution in [0.25, 0.3) is 0 Å². The number of hydrogen-bond acceptors (Lipinski definition) is 6. The number of benzene rings is 3. The van der Waals surface area contributed by atoms with Crippen LogP contribution < -0.4 is 24.0 Å². The SMILES string of the molecule is c1ccc(N2N=C(c3ccc4c(c3)OCO4)CC2c2ccc3c(c2)OCO3)cc1. The normalized spacial score (nSPS) is 18.8. The first-order chi connectivity index (χ1) is 14.3. The number of anilines is 1. The highest BCUT2D eigenvalue weighted by Gasteiger charge is 2.31. The topological polar surface area (TPSA) is 52.5 Å². The lowest BCUT2D eigenvalue weighted by Gasteiger charge is -2.24. The van der Waals surface area contributed by atoms with Gasteiger partial charge >= 0.3 is 0 Å². The number of fused-ring (bicyclic) bond motifs is 2. The van der Waals surface area contributed by atoms with E-state index in [9.17, 15) is 0 Å². The van der Waals surface area contributed by atoms with Gasteiger partial charge in [-0.05, 0) is 48.0 Å². The lowest BCUT2D eigenvalue weighted by atomic mass is 9.97. The molecule has 0 aliphatic carbocycles. The molecule has 0 spiro atoms. The predicted octanol–water partition coefficient (Wildman–Crippen LogP) is 4.50. The third kappa shape index (κ3) is 2.76. The summed E-state index contributed by atoms with van der Waals surface area (Å²) in [6.07, 6.45) is 0.772. The molecule has 6 rings (SSSR count). The Balaban J connectivity index is 1.40. The average molecular weight is 386 g/mol. The second-order valence-electron chi connectivity index (χ2n) is 7.13. The summed E-state index contributed by atoms with van der Waals surface area (Å²) in [6, 6.07) is 22.4. The van der Waals surface area contributed by atoms with Gasteiger partial charge in [-0.1, -0.05) is 24.3 Å². The van der Waals surface area contributed by atoms with Crippen molar-refractivity contribution in [2.45, 2.75) is 12.5 Å². The molecule has 0 N–H and O–H groups in total. The zero-order valence-corrected chi connectivity index (χ0v) is 15.6. The molecular weight excluding hydrogens is 368 g/mol. The van der Waals surface area contributed by atoms with E-state index < -0.39 is 0 Å². The Kier molecular flexibility index (Phi) is 3.62. The van der Waals surface area contributed by atoms with E-state index in [1.807, 2.05) is 42.5 Å². The van der Waals surface area contributed by atoms with Gasteiger partial charge in [-0.25, -0.2) is 0 Å². The highest BCUT2D eigenvalue weighted by molar-refractivity contribution is 6.03. The van der Waals surface area contributed by atoms with Crippen LogP contribution in [0.3, 0.4) is 0 Å². The van der Waals surface area contributed by atoms with E-state index in [0.717, 1.165) is 51.9 Å². The second kappa shape index (κ2) is 6.44. The zero-order chi connectivity index (χ0) is 19.2. The maximum absolute atomic E-state index is 5.59. The van der Waals surface area contributed by atoms with Gasteiger partial charge in [0.05, 0.1) is 17.4 Å². The molecule has 0 amide bonds. The van der Waals surface area contributed by atoms with E-state index in [1.54, 1.807) is 0 Å². The molecule has 3 aromatic carbocycles. The molecule has 0 bridgehead atoms. The summed E-state index contributed by atoms with van der Waals surface area (Å²) < 4.78 is 22.1. The first kappa shape index (κ1) is 16.3. The summed E-state index contributed by atoms with van der Waals surface area (Å²) in [5.74, 6) is 3.12. The minimum atomic E-state index is 0.0623. The molecular formula is C23H18N2O4. The van der Waals surface area contributed by atoms with Gasteiger partial charge in [-0.15, -0.1) is 0 Å². The van der Waals surface area contributed by atoms with Crippen molar-refractivity contribution in [2.24, 2.45) is 5.10 Å². The largest absolute Gasteiger partial charge is 0.454 e. The van der Waals surface area contributed by atoms with Crippen LogP contribution in [0.4, 0.5) is 5.69 Å². The summed E-state index contributed by atoms with van der Waals surface area (Å²) in [6.45, 7) is 0.534. The number of nitrogens with zero attached hydrogens (tertiary/aromatic N) is 2. The number of ether oxygens (including phenoxy) is 4. The summed E-state index contributed by atoms with van der Waals surface area (Å²) in [7, 11) is 0. The molecule has 3 aliphatic heterocycles. The Morgan fingerprint density at radius 3 is 2.21 bits per heavy atom. The second-order valence-corrected chi connectivity index (χ2v) is 7.13. The summed E-state index contributed by atoms with van der Waals surface area (Å²) >= 11 is 0. The van der Waals surface area contributed by atoms with Gasteiger partial charge in [-0.3, -0.25) is 5.01 Å². The molecule has 29 heavy (non-hydrogen) atoms. The third-order valence-electron chi connectivity index (χ3n) is 5.42. The van der Waals surface area contributed by atoms with Crippen molar-refractivity contribution in [3.63, 3.8) is 0 Å². The Labute approximate surface area is 167 Å². The average Bonchev–Trinajstić information content (AvgIpc) is 3.52. The maximum Gasteiger partial charge on any atom is 0.231 e. The van der Waals surface area contributed by atoms with Crippen LogP contribution in [0.1, 0.15) is 23.6 Å². The van der Waals surface area contributed by atoms with E-state index >= 15 is 0 Å². The summed E-state index contributed by atoms with van der Waals surface area (Å²) in [5.41, 5.74) is 4.23. The van der Waals surface area contributed by atoms with Crippen molar-refractivity contribution in [3.8, 4) is 23.0 Å². The highest BCUT2D eigenvalue weighted by Crippen LogP contribution is 2.42. The number of hydrazone groups is 1. The third-order valence-corrected chi connectivity index (χ3v) is 5.42. The summed E-state index contributed by atoms with van der Waals surface area (Å²) in [5, 5.41) is 7.07. The van der Waals surface area contributed by atoms with E-state index in [0.29, 0.717) is 0 Å². The highest BCUT2D eigenvalue weighted by atomic mass is 16.7. The number of hydrogen-bond donors (Lipinski definition) is 0. The Hall–Kier alpha value is -3.67. The van der Waals surface area contributed by atoms with Crippen molar-refractivity contribution < 1.29 is 18.9 Å². The minimum Gasteiger partial charge on any atom is -0.454 e. The molecule has 0 saturated carbocycles. The Morgan fingerprint density at radius 1 is 0.724 bits per heavy atom. The smallest absolute Gasteiger partial charge is 0.231 e. The van der Waals surface area contributed by atoms with E-state index in [4.69, 9.17) is 24.0 Å². The minimum absolute atomic E-state index is 0.0623. The van der Waals surface area contributed by atoms with Gasteiger partial charge in [0, 0.05) is 12.0 Å². The van der Waals surface area contributed by atoms with Crippen LogP contribution >= 0.6 is 0 Å². The van der Waals surface area contributed by atoms with Crippen LogP contribution in [-0.2, 0) is 0 Å². The fraction of sp³-hybridized carbons (Fsp3) is 0.174. The molecule has 3 heterocycles. The molecule has 1 unspecified atom stereocenters. The molecule has 144 valence electrons. The van der Waals surface area contributed by atoms with Crippen LogP contribution in [0.5, 0.6) is 23.0 Å². The lowest BCUT2D eigenvalue weighted by Crippen LogP contribution is -2.18. The first-order valence-corrected chi connectivity index (χ1v) is 9.56. The zero-order valence-electron chi connectivity index (χ0n) is 15.6. The molecule has 0 fully saturated rings. The quantitative estimate of drug-likeness (QED) is 0.663. The molecule has 3 aromatic rings. The van der Waals surface area contributed by atoms with Crippen LogP contribution in [0.2, 0.25) is 0 Å². The Bertz CT molecular complexity index is 1110. The first-order valence-electron chi connectivity index (χ1n) is 9.56. The van der Waals surface area contributed by atoms with Crippen molar-refractivity contribution in [3.05, 3.63) is 77.9 Å². The van der Waals surface area contributed by atoms with E-state index in [-0.39, 0.29) is 19.6 Å². The van der Waals surface area contributed by atoms with Crippen LogP contribution in [0.15, 0.2) is 71.8 Å². The van der Waals surface area contributed by atoms with Crippen molar-refractivity contribution in [2.75, 3.05) is 18.6 Å². The van der Waals surface area contributed by atoms with Gasteiger partial charge in [0.25, 0.3) is 0 Å². The fourth-order valence-corrected chi connectivity index (χ4v) is 3.96. The van der Waals surface area contributed by atoms with Gasteiger partial charge in [0.15, 0.2) is 23.0 Å². The van der Waals surface area contributed by atoms with E-state index in [2.05, 4.69) is 29.3 Å². The number of para-hydroxylation sites is 1. The molecule has 6 nitrogen and oxygen atoms in total. The van der Waals surface area contributed by atoms with Gasteiger partial charge in [0.2, 0.25) is 13.6 Å². The molecule has 3 aliphatic rings. The van der Waals surface area contributed by atoms with Crippen LogP contribution in [0, 0.1) is 0 Å². The standard InChI is InChI=1S/C23H18N2O4/c1-2-4-17(5-3-1)25-19(16-7-9-21-23(11-16)29-14-27-21)12-18(24-25)15-6-8-20-22(10-15)28-13-26-20/h1-11,19H,12-14H2. The lowest BCUT2D eigenvalue weighted by molar-refractivity contribution is 0.173. The molecule has 0 aromatic heterocycles. The molecule has 6 heteroatoms. The van der Waals surface area contributed by atoms with Crippen molar-refractivity contribution in [1.82, 2.24) is 0 Å². The number of rotatable bonds is 3. The van der Waals surface area contributed by atoms with Gasteiger partial charge in [-0.2, -0.15) is 5.10 Å². The predicted molar refractivity (Wildman–Crippen MR) is 108 cm³/mol. The van der Waals surface area contributed by atoms with E-state index in [1.165, 1.54) is 0 Å². The van der Waals surface area contributed by atoms with Crippen molar-refractivity contribution in [1.29, 1.82) is 0 Å². The van der Waals surface area contributed by atoms with Crippen LogP contribution in [-0.4, -0.2) is 19.3 Å². The molecule has 1 atom stereocenters.